The summed E-state index contributed by atoms with van der Waals surface area (Å²) in [6.45, 7) is 18.6. The first-order valence-corrected chi connectivity index (χ1v) is 23.5. The van der Waals surface area contributed by atoms with Crippen molar-refractivity contribution < 1.29 is 14.0 Å². The van der Waals surface area contributed by atoms with Crippen molar-refractivity contribution in [1.82, 2.24) is 0 Å². The third-order valence-electron chi connectivity index (χ3n) is 7.10. The molecule has 0 aromatic rings. The summed E-state index contributed by atoms with van der Waals surface area (Å²) in [5.41, 5.74) is 0. The van der Waals surface area contributed by atoms with Crippen molar-refractivity contribution in [3.05, 3.63) is 10.2 Å². The standard InChI is InChI=1S/C14H27O3Si.3C4H9.Sn/c1-8-12(10-9-11-13(15)16-5)17-18(6,7)14(2,3)4;3*1-3-4-2;/h1,8,12H,9-11H2,2-7H3;3*1,3-4H2,2H3;. The molecule has 1 unspecified atom stereocenters. The van der Waals surface area contributed by atoms with Crippen LogP contribution in [0, 0.1) is 0 Å². The summed E-state index contributed by atoms with van der Waals surface area (Å²) in [6, 6.07) is 0. The van der Waals surface area contributed by atoms with Gasteiger partial charge in [-0.15, -0.1) is 0 Å². The van der Waals surface area contributed by atoms with Crippen molar-refractivity contribution in [2.24, 2.45) is 0 Å². The Morgan fingerprint density at radius 3 is 1.81 bits per heavy atom. The van der Waals surface area contributed by atoms with Crippen molar-refractivity contribution >= 4 is 32.7 Å². The zero-order valence-corrected chi connectivity index (χ0v) is 26.3. The molecule has 0 fully saturated rings. The van der Waals surface area contributed by atoms with Crippen LogP contribution >= 0.6 is 0 Å². The molecule has 0 amide bonds. The molecule has 5 heteroatoms. The molecule has 0 heterocycles. The number of hydrogen-bond donors (Lipinski definition) is 0. The molecule has 3 nitrogen and oxygen atoms in total. The number of unbranched alkanes of at least 4 members (excludes halogenated alkanes) is 3. The van der Waals surface area contributed by atoms with E-state index in [2.05, 4.69) is 64.8 Å². The summed E-state index contributed by atoms with van der Waals surface area (Å²) >= 11 is -2.34. The van der Waals surface area contributed by atoms with E-state index in [1.165, 1.54) is 58.9 Å². The molecule has 0 aliphatic heterocycles. The van der Waals surface area contributed by atoms with Crippen molar-refractivity contribution in [1.29, 1.82) is 0 Å². The SMILES string of the molecule is CCC[CH2][Sn](/[CH]=C/C(CCCC(=O)OC)O[Si](C)(C)C(C)(C)C)([CH2]CCC)[CH2]CCC. The molecule has 0 rings (SSSR count). The van der Waals surface area contributed by atoms with Crippen molar-refractivity contribution in [3.8, 4) is 0 Å². The molecule has 0 aliphatic rings. The van der Waals surface area contributed by atoms with Crippen LogP contribution in [0.25, 0.3) is 0 Å². The van der Waals surface area contributed by atoms with E-state index in [1.807, 2.05) is 0 Å². The first-order chi connectivity index (χ1) is 14.5. The number of rotatable bonds is 17. The first-order valence-electron chi connectivity index (χ1n) is 12.9. The molecule has 0 bridgehead atoms. The fourth-order valence-electron chi connectivity index (χ4n) is 3.82. The predicted molar refractivity (Wildman–Crippen MR) is 142 cm³/mol. The summed E-state index contributed by atoms with van der Waals surface area (Å²) < 4.78 is 18.9. The van der Waals surface area contributed by atoms with Crippen molar-refractivity contribution in [2.45, 2.75) is 137 Å². The number of methoxy groups -OCH3 is 1. The van der Waals surface area contributed by atoms with Gasteiger partial charge in [-0.3, -0.25) is 0 Å². The van der Waals surface area contributed by atoms with Crippen LogP contribution in [-0.4, -0.2) is 45.9 Å². The second kappa shape index (κ2) is 15.9. The zero-order chi connectivity index (χ0) is 24.0. The Bertz CT molecular complexity index is 489. The van der Waals surface area contributed by atoms with E-state index >= 15 is 0 Å². The van der Waals surface area contributed by atoms with Crippen molar-refractivity contribution in [3.63, 3.8) is 0 Å². The fraction of sp³-hybridized carbons (Fsp3) is 0.885. The van der Waals surface area contributed by atoms with Gasteiger partial charge in [0.25, 0.3) is 0 Å². The van der Waals surface area contributed by atoms with Crippen LogP contribution < -0.4 is 0 Å². The predicted octanol–water partition coefficient (Wildman–Crippen LogP) is 8.66. The Morgan fingerprint density at radius 2 is 1.42 bits per heavy atom. The van der Waals surface area contributed by atoms with Crippen LogP contribution in [0.5, 0.6) is 0 Å². The number of carbonyl (C=O) groups is 1. The summed E-state index contributed by atoms with van der Waals surface area (Å²) in [4.78, 5) is 11.6. The summed E-state index contributed by atoms with van der Waals surface area (Å²) in [7, 11) is -0.394. The fourth-order valence-corrected chi connectivity index (χ4v) is 19.5. The van der Waals surface area contributed by atoms with Gasteiger partial charge in [-0.05, 0) is 0 Å². The molecule has 0 spiro atoms. The molecular formula is C26H54O3SiSn. The molecule has 184 valence electrons. The Morgan fingerprint density at radius 1 is 0.935 bits per heavy atom. The van der Waals surface area contributed by atoms with Crippen LogP contribution in [0.2, 0.25) is 31.4 Å². The normalized spacial score (nSPS) is 14.2. The molecule has 0 N–H and O–H groups in total. The number of hydrogen-bond acceptors (Lipinski definition) is 3. The summed E-state index contributed by atoms with van der Waals surface area (Å²) in [5.74, 6) is -0.114. The monoisotopic (exact) mass is 562 g/mol. The van der Waals surface area contributed by atoms with Crippen molar-refractivity contribution in [2.75, 3.05) is 7.11 Å². The van der Waals surface area contributed by atoms with E-state index in [-0.39, 0.29) is 17.1 Å². The number of carbonyl (C=O) groups excluding carboxylic acids is 1. The molecule has 0 aromatic carbocycles. The van der Waals surface area contributed by atoms with Gasteiger partial charge in [-0.1, -0.05) is 0 Å². The average Bonchev–Trinajstić information content (AvgIpc) is 2.71. The molecular weight excluding hydrogens is 507 g/mol. The third-order valence-corrected chi connectivity index (χ3v) is 25.7. The molecule has 0 aromatic heterocycles. The van der Waals surface area contributed by atoms with Crippen LogP contribution in [0.15, 0.2) is 10.2 Å². The molecule has 0 aliphatic carbocycles. The second-order valence-electron chi connectivity index (χ2n) is 10.9. The Balaban J connectivity index is 5.69. The Labute approximate surface area is 200 Å². The molecule has 0 radical (unpaired) electrons. The minimum atomic E-state index is -2.34. The topological polar surface area (TPSA) is 35.5 Å². The number of ether oxygens (including phenoxy) is 1. The van der Waals surface area contributed by atoms with Gasteiger partial charge in [-0.25, -0.2) is 0 Å². The van der Waals surface area contributed by atoms with Gasteiger partial charge < -0.3 is 0 Å². The van der Waals surface area contributed by atoms with E-state index in [1.54, 1.807) is 0 Å². The quantitative estimate of drug-likeness (QED) is 0.132. The van der Waals surface area contributed by atoms with Gasteiger partial charge in [0.2, 0.25) is 0 Å². The molecule has 1 atom stereocenters. The molecule has 0 saturated carbocycles. The van der Waals surface area contributed by atoms with E-state index in [0.29, 0.717) is 6.42 Å². The Hall–Kier alpha value is 0.186. The summed E-state index contributed by atoms with van der Waals surface area (Å²) in [6.07, 6.45) is 12.9. The van der Waals surface area contributed by atoms with Gasteiger partial charge in [0, 0.05) is 0 Å². The van der Waals surface area contributed by atoms with Gasteiger partial charge in [0.15, 0.2) is 0 Å². The second-order valence-corrected chi connectivity index (χ2v) is 28.7. The number of esters is 1. The zero-order valence-electron chi connectivity index (χ0n) is 22.4. The van der Waals surface area contributed by atoms with Crippen LogP contribution in [0.3, 0.4) is 0 Å². The van der Waals surface area contributed by atoms with Gasteiger partial charge in [-0.2, -0.15) is 0 Å². The van der Waals surface area contributed by atoms with Gasteiger partial charge in [0.05, 0.1) is 0 Å². The van der Waals surface area contributed by atoms with Crippen LogP contribution in [0.1, 0.15) is 99.3 Å². The van der Waals surface area contributed by atoms with Gasteiger partial charge in [0.1, 0.15) is 0 Å². The Kier molecular flexibility index (Phi) is 16.0. The van der Waals surface area contributed by atoms with E-state index < -0.39 is 26.7 Å². The van der Waals surface area contributed by atoms with Crippen LogP contribution in [-0.2, 0) is 14.0 Å². The molecule has 0 saturated heterocycles. The van der Waals surface area contributed by atoms with Crippen LogP contribution in [0.4, 0.5) is 0 Å². The van der Waals surface area contributed by atoms with Gasteiger partial charge >= 0.3 is 201 Å². The third kappa shape index (κ3) is 12.9. The maximum absolute atomic E-state index is 11.6. The minimum absolute atomic E-state index is 0.114. The average molecular weight is 562 g/mol. The maximum atomic E-state index is 11.6. The van der Waals surface area contributed by atoms with E-state index in [9.17, 15) is 4.79 Å². The van der Waals surface area contributed by atoms with E-state index in [0.717, 1.165) is 12.8 Å². The first kappa shape index (κ1) is 31.2. The summed E-state index contributed by atoms with van der Waals surface area (Å²) in [5, 5.41) is 0.189. The molecule has 31 heavy (non-hydrogen) atoms. The van der Waals surface area contributed by atoms with E-state index in [4.69, 9.17) is 9.16 Å².